The monoisotopic (exact) mass is 264 g/mol. The third kappa shape index (κ3) is 5.66. The van der Waals surface area contributed by atoms with Gasteiger partial charge in [0.15, 0.2) is 0 Å². The van der Waals surface area contributed by atoms with Crippen molar-refractivity contribution in [1.82, 2.24) is 10.6 Å². The summed E-state index contributed by atoms with van der Waals surface area (Å²) in [5, 5.41) is 6.13. The predicted octanol–water partition coefficient (Wildman–Crippen LogP) is 3.90. The SMILES string of the molecule is O=C(NCCC1=CCCCC1)NC1CCCCCC1. The molecule has 2 rings (SSSR count). The Morgan fingerprint density at radius 3 is 2.58 bits per heavy atom. The van der Waals surface area contributed by atoms with Crippen molar-refractivity contribution in [3.05, 3.63) is 11.6 Å². The van der Waals surface area contributed by atoms with Crippen LogP contribution in [-0.4, -0.2) is 18.6 Å². The molecule has 19 heavy (non-hydrogen) atoms. The van der Waals surface area contributed by atoms with E-state index in [9.17, 15) is 4.79 Å². The zero-order valence-electron chi connectivity index (χ0n) is 12.0. The number of amides is 2. The van der Waals surface area contributed by atoms with Crippen LogP contribution in [0.15, 0.2) is 11.6 Å². The number of hydrogen-bond acceptors (Lipinski definition) is 1. The Hall–Kier alpha value is -0.990. The second kappa shape index (κ2) is 8.23. The molecule has 108 valence electrons. The molecule has 0 aromatic carbocycles. The smallest absolute Gasteiger partial charge is 0.315 e. The maximum absolute atomic E-state index is 11.8. The summed E-state index contributed by atoms with van der Waals surface area (Å²) in [7, 11) is 0. The molecule has 1 saturated carbocycles. The largest absolute Gasteiger partial charge is 0.338 e. The molecular weight excluding hydrogens is 236 g/mol. The molecule has 0 aromatic heterocycles. The van der Waals surface area contributed by atoms with Gasteiger partial charge in [-0.2, -0.15) is 0 Å². The van der Waals surface area contributed by atoms with Crippen LogP contribution in [0.3, 0.4) is 0 Å². The van der Waals surface area contributed by atoms with Crippen molar-refractivity contribution in [3.8, 4) is 0 Å². The fourth-order valence-electron chi connectivity index (χ4n) is 3.13. The first kappa shape index (κ1) is 14.4. The van der Waals surface area contributed by atoms with Crippen LogP contribution in [0.2, 0.25) is 0 Å². The Labute approximate surface area is 117 Å². The molecule has 2 aliphatic carbocycles. The van der Waals surface area contributed by atoms with Gasteiger partial charge in [-0.3, -0.25) is 0 Å². The number of hydrogen-bond donors (Lipinski definition) is 2. The molecule has 0 spiro atoms. The summed E-state index contributed by atoms with van der Waals surface area (Å²) in [6, 6.07) is 0.430. The average Bonchev–Trinajstić information content (AvgIpc) is 2.68. The van der Waals surface area contributed by atoms with E-state index in [0.717, 1.165) is 25.8 Å². The Morgan fingerprint density at radius 2 is 1.89 bits per heavy atom. The summed E-state index contributed by atoms with van der Waals surface area (Å²) in [5.41, 5.74) is 1.53. The lowest BCUT2D eigenvalue weighted by atomic mass is 9.97. The van der Waals surface area contributed by atoms with E-state index < -0.39 is 0 Å². The summed E-state index contributed by atoms with van der Waals surface area (Å²) < 4.78 is 0. The molecule has 0 radical (unpaired) electrons. The van der Waals surface area contributed by atoms with Gasteiger partial charge in [-0.25, -0.2) is 4.79 Å². The van der Waals surface area contributed by atoms with E-state index in [1.54, 1.807) is 0 Å². The second-order valence-electron chi connectivity index (χ2n) is 5.95. The molecule has 0 saturated heterocycles. The van der Waals surface area contributed by atoms with Gasteiger partial charge < -0.3 is 10.6 Å². The molecule has 2 N–H and O–H groups in total. The molecule has 2 amide bonds. The lowest BCUT2D eigenvalue weighted by Crippen LogP contribution is -2.42. The molecule has 0 bridgehead atoms. The highest BCUT2D eigenvalue weighted by Crippen LogP contribution is 2.19. The van der Waals surface area contributed by atoms with Gasteiger partial charge in [0.1, 0.15) is 0 Å². The van der Waals surface area contributed by atoms with Crippen molar-refractivity contribution in [3.63, 3.8) is 0 Å². The molecule has 0 atom stereocenters. The summed E-state index contributed by atoms with van der Waals surface area (Å²) in [6.45, 7) is 0.782. The average molecular weight is 264 g/mol. The third-order valence-electron chi connectivity index (χ3n) is 4.31. The maximum Gasteiger partial charge on any atom is 0.315 e. The highest BCUT2D eigenvalue weighted by atomic mass is 16.2. The molecule has 3 nitrogen and oxygen atoms in total. The number of carbonyl (C=O) groups excluding carboxylic acids is 1. The fraction of sp³-hybridized carbons (Fsp3) is 0.812. The molecule has 0 aromatic rings. The Balaban J connectivity index is 1.59. The van der Waals surface area contributed by atoms with Crippen LogP contribution in [0.1, 0.15) is 70.6 Å². The van der Waals surface area contributed by atoms with E-state index in [1.165, 1.54) is 56.9 Å². The number of nitrogens with one attached hydrogen (secondary N) is 2. The van der Waals surface area contributed by atoms with Gasteiger partial charge in [0.25, 0.3) is 0 Å². The molecule has 3 heteroatoms. The van der Waals surface area contributed by atoms with E-state index in [0.29, 0.717) is 6.04 Å². The highest BCUT2D eigenvalue weighted by molar-refractivity contribution is 5.74. The lowest BCUT2D eigenvalue weighted by molar-refractivity contribution is 0.235. The topological polar surface area (TPSA) is 41.1 Å². The van der Waals surface area contributed by atoms with Crippen LogP contribution in [-0.2, 0) is 0 Å². The van der Waals surface area contributed by atoms with Crippen LogP contribution in [0, 0.1) is 0 Å². The Kier molecular flexibility index (Phi) is 6.25. The highest BCUT2D eigenvalue weighted by Gasteiger charge is 2.14. The van der Waals surface area contributed by atoms with Crippen molar-refractivity contribution in [2.45, 2.75) is 76.7 Å². The number of rotatable bonds is 4. The molecule has 0 heterocycles. The van der Waals surface area contributed by atoms with Crippen LogP contribution in [0.5, 0.6) is 0 Å². The van der Waals surface area contributed by atoms with Crippen molar-refractivity contribution >= 4 is 6.03 Å². The summed E-state index contributed by atoms with van der Waals surface area (Å²) in [6.07, 6.45) is 16.0. The van der Waals surface area contributed by atoms with Gasteiger partial charge >= 0.3 is 6.03 Å². The molecule has 0 aliphatic heterocycles. The maximum atomic E-state index is 11.8. The fourth-order valence-corrected chi connectivity index (χ4v) is 3.13. The summed E-state index contributed by atoms with van der Waals surface area (Å²) in [5.74, 6) is 0. The van der Waals surface area contributed by atoms with Gasteiger partial charge in [-0.15, -0.1) is 0 Å². The first-order valence-corrected chi connectivity index (χ1v) is 8.07. The van der Waals surface area contributed by atoms with Crippen molar-refractivity contribution < 1.29 is 4.79 Å². The zero-order chi connectivity index (χ0) is 13.3. The first-order chi connectivity index (χ1) is 9.34. The van der Waals surface area contributed by atoms with Crippen LogP contribution in [0.4, 0.5) is 4.79 Å². The number of carbonyl (C=O) groups is 1. The van der Waals surface area contributed by atoms with E-state index in [2.05, 4.69) is 16.7 Å². The van der Waals surface area contributed by atoms with Crippen molar-refractivity contribution in [1.29, 1.82) is 0 Å². The number of urea groups is 1. The van der Waals surface area contributed by atoms with Crippen LogP contribution >= 0.6 is 0 Å². The van der Waals surface area contributed by atoms with E-state index in [4.69, 9.17) is 0 Å². The quantitative estimate of drug-likeness (QED) is 0.587. The summed E-state index contributed by atoms with van der Waals surface area (Å²) >= 11 is 0. The minimum Gasteiger partial charge on any atom is -0.338 e. The van der Waals surface area contributed by atoms with Gasteiger partial charge in [-0.1, -0.05) is 37.3 Å². The second-order valence-corrected chi connectivity index (χ2v) is 5.95. The minimum absolute atomic E-state index is 0.0308. The van der Waals surface area contributed by atoms with E-state index in [1.807, 2.05) is 0 Å². The lowest BCUT2D eigenvalue weighted by Gasteiger charge is -2.17. The standard InChI is InChI=1S/C16H28N2O/c19-16(18-15-10-6-1-2-7-11-15)17-13-12-14-8-4-3-5-9-14/h8,15H,1-7,9-13H2,(H2,17,18,19). The van der Waals surface area contributed by atoms with Gasteiger partial charge in [-0.05, 0) is 44.9 Å². The Morgan fingerprint density at radius 1 is 1.11 bits per heavy atom. The summed E-state index contributed by atoms with van der Waals surface area (Å²) in [4.78, 5) is 11.8. The molecular formula is C16H28N2O. The molecule has 2 aliphatic rings. The van der Waals surface area contributed by atoms with Crippen LogP contribution in [0.25, 0.3) is 0 Å². The first-order valence-electron chi connectivity index (χ1n) is 8.07. The molecule has 1 fully saturated rings. The Bertz CT molecular complexity index is 304. The van der Waals surface area contributed by atoms with Gasteiger partial charge in [0, 0.05) is 12.6 Å². The van der Waals surface area contributed by atoms with Crippen molar-refractivity contribution in [2.24, 2.45) is 0 Å². The normalized spacial score (nSPS) is 21.4. The predicted molar refractivity (Wildman–Crippen MR) is 79.2 cm³/mol. The van der Waals surface area contributed by atoms with Crippen LogP contribution < -0.4 is 10.6 Å². The number of allylic oxidation sites excluding steroid dienone is 1. The third-order valence-corrected chi connectivity index (χ3v) is 4.31. The molecule has 0 unspecified atom stereocenters. The zero-order valence-corrected chi connectivity index (χ0v) is 12.0. The minimum atomic E-state index is 0.0308. The van der Waals surface area contributed by atoms with E-state index >= 15 is 0 Å². The van der Waals surface area contributed by atoms with E-state index in [-0.39, 0.29) is 6.03 Å². The van der Waals surface area contributed by atoms with Gasteiger partial charge in [0.2, 0.25) is 0 Å². The van der Waals surface area contributed by atoms with Gasteiger partial charge in [0.05, 0.1) is 0 Å². The van der Waals surface area contributed by atoms with Crippen molar-refractivity contribution in [2.75, 3.05) is 6.54 Å².